The van der Waals surface area contributed by atoms with Crippen molar-refractivity contribution in [3.05, 3.63) is 42.2 Å². The molecule has 9 nitrogen and oxygen atoms in total. The van der Waals surface area contributed by atoms with E-state index in [1.807, 2.05) is 37.6 Å². The number of anilines is 3. The third kappa shape index (κ3) is 2.82. The highest BCUT2D eigenvalue weighted by atomic mass is 16.4. The number of benzene rings is 1. The molecule has 1 aliphatic carbocycles. The van der Waals surface area contributed by atoms with Crippen LogP contribution in [0.5, 0.6) is 0 Å². The summed E-state index contributed by atoms with van der Waals surface area (Å²) in [5, 5.41) is 10.3. The first kappa shape index (κ1) is 21.4. The maximum absolute atomic E-state index is 13.1. The number of nitrogen functional groups attached to an aromatic ring is 1. The lowest BCUT2D eigenvalue weighted by Crippen LogP contribution is -2.43. The monoisotopic (exact) mass is 484 g/mol. The number of likely N-dealkylation sites (tertiary alicyclic amines) is 1. The lowest BCUT2D eigenvalue weighted by molar-refractivity contribution is -0.125. The maximum Gasteiger partial charge on any atom is 0.407 e. The van der Waals surface area contributed by atoms with Crippen LogP contribution < -0.4 is 15.5 Å². The third-order valence-electron chi connectivity index (χ3n) is 8.89. The predicted octanol–water partition coefficient (Wildman–Crippen LogP) is 3.32. The van der Waals surface area contributed by atoms with E-state index < -0.39 is 11.5 Å². The van der Waals surface area contributed by atoms with Crippen LogP contribution in [0.1, 0.15) is 24.8 Å². The number of pyridine rings is 2. The third-order valence-corrected chi connectivity index (χ3v) is 8.89. The van der Waals surface area contributed by atoms with Crippen LogP contribution in [-0.2, 0) is 10.2 Å². The summed E-state index contributed by atoms with van der Waals surface area (Å²) in [6.07, 6.45) is 5.69. The molecule has 3 aromatic rings. The van der Waals surface area contributed by atoms with Gasteiger partial charge in [0.25, 0.3) is 0 Å². The minimum Gasteiger partial charge on any atom is -0.465 e. The number of hydrogen-bond donors (Lipinski definition) is 2. The first-order valence-electron chi connectivity index (χ1n) is 12.6. The standard InChI is InChI=1S/C27H28N6O3/c1-31-22-10-29-21-4-3-15(7-19(21)23(22)27(25(31)34)5-2-6-27)16-8-20(28)24(30-9-16)32-11-17-13-33(26(35)36)14-18(17)12-32/h3-4,7-10,17-18H,2,5-6,11-14,28H2,1H3,(H,35,36). The fraction of sp³-hybridized carbons (Fsp3) is 0.407. The first-order valence-corrected chi connectivity index (χ1v) is 12.6. The van der Waals surface area contributed by atoms with Crippen LogP contribution in [0.15, 0.2) is 36.7 Å². The van der Waals surface area contributed by atoms with Gasteiger partial charge in [-0.15, -0.1) is 0 Å². The summed E-state index contributed by atoms with van der Waals surface area (Å²) in [6, 6.07) is 8.14. The van der Waals surface area contributed by atoms with Crippen LogP contribution in [0.2, 0.25) is 0 Å². The Morgan fingerprint density at radius 2 is 1.81 bits per heavy atom. The van der Waals surface area contributed by atoms with E-state index in [2.05, 4.69) is 16.0 Å². The Bertz CT molecular complexity index is 1440. The minimum atomic E-state index is -0.839. The summed E-state index contributed by atoms with van der Waals surface area (Å²) >= 11 is 0. The van der Waals surface area contributed by atoms with Crippen LogP contribution in [0.4, 0.5) is 22.0 Å². The molecule has 3 N–H and O–H groups in total. The van der Waals surface area contributed by atoms with Crippen molar-refractivity contribution in [2.24, 2.45) is 11.8 Å². The van der Waals surface area contributed by atoms with Crippen molar-refractivity contribution in [1.82, 2.24) is 14.9 Å². The first-order chi connectivity index (χ1) is 17.4. The van der Waals surface area contributed by atoms with E-state index in [4.69, 9.17) is 10.7 Å². The molecule has 0 radical (unpaired) electrons. The van der Waals surface area contributed by atoms with Crippen molar-refractivity contribution in [2.75, 3.05) is 48.8 Å². The van der Waals surface area contributed by atoms with Crippen LogP contribution in [0.25, 0.3) is 22.0 Å². The average molecular weight is 485 g/mol. The van der Waals surface area contributed by atoms with Crippen LogP contribution in [-0.4, -0.2) is 65.2 Å². The molecule has 0 bridgehead atoms. The van der Waals surface area contributed by atoms with Crippen molar-refractivity contribution in [3.63, 3.8) is 0 Å². The largest absolute Gasteiger partial charge is 0.465 e. The second-order valence-electron chi connectivity index (χ2n) is 10.8. The average Bonchev–Trinajstić information content (AvgIpc) is 3.48. The van der Waals surface area contributed by atoms with Gasteiger partial charge in [0.1, 0.15) is 0 Å². The lowest BCUT2D eigenvalue weighted by atomic mass is 9.64. The Kier molecular flexibility index (Phi) is 4.35. The Morgan fingerprint density at radius 1 is 1.06 bits per heavy atom. The molecule has 9 heteroatoms. The van der Waals surface area contributed by atoms with Crippen molar-refractivity contribution in [2.45, 2.75) is 24.7 Å². The quantitative estimate of drug-likeness (QED) is 0.573. The van der Waals surface area contributed by atoms with E-state index in [-0.39, 0.29) is 5.91 Å². The zero-order chi connectivity index (χ0) is 24.8. The number of fused-ring (bicyclic) bond motifs is 5. The number of carbonyl (C=O) groups excluding carboxylic acids is 1. The van der Waals surface area contributed by atoms with Gasteiger partial charge in [0, 0.05) is 67.8 Å². The summed E-state index contributed by atoms with van der Waals surface area (Å²) in [6.45, 7) is 2.68. The molecule has 1 aromatic carbocycles. The second-order valence-corrected chi connectivity index (χ2v) is 10.8. The van der Waals surface area contributed by atoms with Gasteiger partial charge < -0.3 is 25.5 Å². The molecular formula is C27H28N6O3. The van der Waals surface area contributed by atoms with Gasteiger partial charge in [-0.25, -0.2) is 9.78 Å². The van der Waals surface area contributed by atoms with Gasteiger partial charge in [0.2, 0.25) is 5.91 Å². The minimum absolute atomic E-state index is 0.181. The van der Waals surface area contributed by atoms with E-state index in [0.29, 0.717) is 30.6 Å². The molecule has 2 aromatic heterocycles. The Hall–Kier alpha value is -3.88. The molecule has 7 rings (SSSR count). The highest BCUT2D eigenvalue weighted by Gasteiger charge is 2.54. The van der Waals surface area contributed by atoms with E-state index in [1.54, 1.807) is 4.90 Å². The molecule has 3 aliphatic heterocycles. The molecule has 184 valence electrons. The van der Waals surface area contributed by atoms with Gasteiger partial charge in [0.05, 0.1) is 28.5 Å². The maximum atomic E-state index is 13.1. The number of carbonyl (C=O) groups is 2. The molecule has 1 saturated carbocycles. The molecule has 2 amide bonds. The fourth-order valence-electron chi connectivity index (χ4n) is 6.87. The van der Waals surface area contributed by atoms with Crippen molar-refractivity contribution in [1.29, 1.82) is 0 Å². The van der Waals surface area contributed by atoms with Crippen LogP contribution >= 0.6 is 0 Å². The SMILES string of the molecule is CN1C(=O)C2(CCC2)c2c1cnc1ccc(-c3cnc(N4CC5CN(C(=O)O)CC5C4)c(N)c3)cc21. The van der Waals surface area contributed by atoms with E-state index >= 15 is 0 Å². The Balaban J connectivity index is 1.21. The van der Waals surface area contributed by atoms with Gasteiger partial charge in [0.15, 0.2) is 5.82 Å². The summed E-state index contributed by atoms with van der Waals surface area (Å²) in [5.74, 6) is 1.58. The smallest absolute Gasteiger partial charge is 0.407 e. The van der Waals surface area contributed by atoms with E-state index in [9.17, 15) is 14.7 Å². The molecule has 36 heavy (non-hydrogen) atoms. The number of nitrogens with two attached hydrogens (primary N) is 1. The summed E-state index contributed by atoms with van der Waals surface area (Å²) in [4.78, 5) is 39.3. The molecular weight excluding hydrogens is 456 g/mol. The molecule has 3 fully saturated rings. The zero-order valence-corrected chi connectivity index (χ0v) is 20.1. The molecule has 2 atom stereocenters. The van der Waals surface area contributed by atoms with Gasteiger partial charge in [-0.1, -0.05) is 12.5 Å². The summed E-state index contributed by atoms with van der Waals surface area (Å²) < 4.78 is 0. The number of nitrogens with zero attached hydrogens (tertiary/aromatic N) is 5. The van der Waals surface area contributed by atoms with Gasteiger partial charge in [-0.3, -0.25) is 9.78 Å². The highest BCUT2D eigenvalue weighted by Crippen LogP contribution is 2.55. The Morgan fingerprint density at radius 3 is 2.44 bits per heavy atom. The zero-order valence-electron chi connectivity index (χ0n) is 20.1. The summed E-state index contributed by atoms with van der Waals surface area (Å²) in [7, 11) is 1.85. The molecule has 5 heterocycles. The van der Waals surface area contributed by atoms with E-state index in [1.165, 1.54) is 4.90 Å². The van der Waals surface area contributed by atoms with Crippen molar-refractivity contribution in [3.8, 4) is 11.1 Å². The van der Waals surface area contributed by atoms with E-state index in [0.717, 1.165) is 71.5 Å². The van der Waals surface area contributed by atoms with Gasteiger partial charge in [-0.05, 0) is 36.6 Å². The van der Waals surface area contributed by atoms with Crippen LogP contribution in [0, 0.1) is 11.8 Å². The number of aromatic nitrogens is 2. The van der Waals surface area contributed by atoms with Crippen molar-refractivity contribution >= 4 is 40.1 Å². The topological polar surface area (TPSA) is 116 Å². The fourth-order valence-corrected chi connectivity index (χ4v) is 6.87. The van der Waals surface area contributed by atoms with Gasteiger partial charge in [-0.2, -0.15) is 0 Å². The van der Waals surface area contributed by atoms with Gasteiger partial charge >= 0.3 is 6.09 Å². The number of carboxylic acid groups (broad SMARTS) is 1. The number of rotatable bonds is 2. The number of likely N-dealkylation sites (N-methyl/N-ethyl adjacent to an activating group) is 1. The second kappa shape index (κ2) is 7.32. The Labute approximate surface area is 208 Å². The lowest BCUT2D eigenvalue weighted by Gasteiger charge is -2.37. The normalized spacial score (nSPS) is 23.9. The number of amides is 2. The number of hydrogen-bond acceptors (Lipinski definition) is 6. The highest BCUT2D eigenvalue weighted by molar-refractivity contribution is 6.13. The molecule has 1 spiro atoms. The molecule has 2 unspecified atom stereocenters. The molecule has 2 saturated heterocycles. The molecule has 4 aliphatic rings. The van der Waals surface area contributed by atoms with Crippen LogP contribution in [0.3, 0.4) is 0 Å². The van der Waals surface area contributed by atoms with Crippen molar-refractivity contribution < 1.29 is 14.7 Å². The summed E-state index contributed by atoms with van der Waals surface area (Å²) in [5.41, 5.74) is 11.6. The predicted molar refractivity (Wildman–Crippen MR) is 137 cm³/mol.